The number of Topliss-reactive ketones (excluding diaryl/α,β-unsaturated/α-hetero) is 1. The van der Waals surface area contributed by atoms with Gasteiger partial charge in [0.25, 0.3) is 5.91 Å². The maximum atomic E-state index is 14.4. The number of nitrogens with one attached hydrogen (secondary N) is 1. The third-order valence-electron chi connectivity index (χ3n) is 7.99. The Morgan fingerprint density at radius 2 is 1.59 bits per heavy atom. The number of carbonyl (C=O) groups is 3. The number of carbonyl (C=O) groups excluding carboxylic acids is 3. The van der Waals surface area contributed by atoms with E-state index in [9.17, 15) is 18.8 Å². The Kier molecular flexibility index (Phi) is 7.73. The number of ketones is 1. The summed E-state index contributed by atoms with van der Waals surface area (Å²) >= 11 is 7.58. The number of halogens is 2. The molecule has 0 radical (unpaired) electrons. The highest BCUT2D eigenvalue weighted by Gasteiger charge is 2.57. The normalized spacial score (nSPS) is 22.0. The van der Waals surface area contributed by atoms with Crippen LogP contribution in [0.15, 0.2) is 96.4 Å². The smallest absolute Gasteiger partial charge is 0.255 e. The molecule has 2 aliphatic rings. The van der Waals surface area contributed by atoms with Crippen molar-refractivity contribution in [2.24, 2.45) is 11.8 Å². The predicted octanol–water partition coefficient (Wildman–Crippen LogP) is 6.92. The van der Waals surface area contributed by atoms with Gasteiger partial charge in [0.15, 0.2) is 5.78 Å². The Bertz CT molecular complexity index is 1540. The first-order valence-electron chi connectivity index (χ1n) is 13.7. The quantitative estimate of drug-likeness (QED) is 0.228. The first-order chi connectivity index (χ1) is 19.9. The van der Waals surface area contributed by atoms with E-state index in [4.69, 9.17) is 11.6 Å². The molecule has 0 bridgehead atoms. The number of hydrogen-bond acceptors (Lipinski definition) is 4. The van der Waals surface area contributed by atoms with Crippen molar-refractivity contribution in [1.82, 2.24) is 10.2 Å². The van der Waals surface area contributed by atoms with Crippen molar-refractivity contribution in [3.8, 4) is 0 Å². The summed E-state index contributed by atoms with van der Waals surface area (Å²) in [6.45, 7) is 0.515. The molecule has 1 saturated carbocycles. The van der Waals surface area contributed by atoms with Gasteiger partial charge in [-0.25, -0.2) is 4.39 Å². The molecule has 4 unspecified atom stereocenters. The van der Waals surface area contributed by atoms with Crippen LogP contribution < -0.4 is 5.32 Å². The molecule has 5 nitrogen and oxygen atoms in total. The number of rotatable bonds is 8. The van der Waals surface area contributed by atoms with E-state index in [2.05, 4.69) is 5.32 Å². The van der Waals surface area contributed by atoms with Gasteiger partial charge in [-0.15, -0.1) is 11.3 Å². The van der Waals surface area contributed by atoms with Crippen LogP contribution >= 0.6 is 22.9 Å². The molecule has 8 heteroatoms. The second kappa shape index (κ2) is 11.6. The van der Waals surface area contributed by atoms with E-state index < -0.39 is 35.6 Å². The third-order valence-corrected chi connectivity index (χ3v) is 9.12. The number of hydrogen-bond donors (Lipinski definition) is 1. The van der Waals surface area contributed by atoms with Crippen molar-refractivity contribution in [3.63, 3.8) is 0 Å². The van der Waals surface area contributed by atoms with E-state index in [1.807, 2.05) is 53.9 Å². The number of nitrogens with zero attached hydrogens (tertiary/aromatic N) is 1. The highest BCUT2D eigenvalue weighted by Crippen LogP contribution is 2.52. The standard InChI is InChI=1S/C33H28ClFN2O3S/c34-24-14-10-21(11-15-24)27-28(31(38)26-7-4-18-41-26)29(22-5-2-1-3-6-22)37(30(27)32(39)36-19-20-8-9-20)33(40)23-12-16-25(35)17-13-23/h1-7,10-18,20,27-30H,8-9,19H2,(H,36,39). The minimum atomic E-state index is -0.994. The average molecular weight is 587 g/mol. The number of benzene rings is 3. The van der Waals surface area contributed by atoms with E-state index in [0.29, 0.717) is 22.4 Å². The molecule has 2 fully saturated rings. The zero-order valence-electron chi connectivity index (χ0n) is 22.1. The van der Waals surface area contributed by atoms with Gasteiger partial charge in [-0.3, -0.25) is 14.4 Å². The summed E-state index contributed by atoms with van der Waals surface area (Å²) in [5, 5.41) is 5.46. The van der Waals surface area contributed by atoms with Crippen LogP contribution in [0, 0.1) is 17.7 Å². The van der Waals surface area contributed by atoms with Gasteiger partial charge in [0.2, 0.25) is 5.91 Å². The van der Waals surface area contributed by atoms with E-state index in [1.165, 1.54) is 35.6 Å². The van der Waals surface area contributed by atoms with E-state index in [-0.39, 0.29) is 17.3 Å². The Morgan fingerprint density at radius 3 is 2.22 bits per heavy atom. The third kappa shape index (κ3) is 5.56. The van der Waals surface area contributed by atoms with Crippen LogP contribution in [0.25, 0.3) is 0 Å². The van der Waals surface area contributed by atoms with Crippen LogP contribution in [0.3, 0.4) is 0 Å². The lowest BCUT2D eigenvalue weighted by Crippen LogP contribution is -2.49. The van der Waals surface area contributed by atoms with Crippen molar-refractivity contribution in [2.45, 2.75) is 30.8 Å². The lowest BCUT2D eigenvalue weighted by Gasteiger charge is -2.31. The van der Waals surface area contributed by atoms with E-state index in [1.54, 1.807) is 23.1 Å². The molecule has 1 aromatic heterocycles. The first kappa shape index (κ1) is 27.4. The van der Waals surface area contributed by atoms with Crippen molar-refractivity contribution >= 4 is 40.5 Å². The number of likely N-dealkylation sites (tertiary alicyclic amines) is 1. The molecule has 6 rings (SSSR count). The van der Waals surface area contributed by atoms with Crippen LogP contribution in [0.2, 0.25) is 5.02 Å². The van der Waals surface area contributed by atoms with Crippen LogP contribution in [-0.4, -0.2) is 35.1 Å². The molecule has 0 spiro atoms. The maximum absolute atomic E-state index is 14.4. The SMILES string of the molecule is O=C(c1cccs1)C1C(c2ccc(Cl)cc2)C(C(=O)NCC2CC2)N(C(=O)c2ccc(F)cc2)C1c1ccccc1. The summed E-state index contributed by atoms with van der Waals surface area (Å²) in [6, 6.07) is 23.7. The van der Waals surface area contributed by atoms with Gasteiger partial charge in [-0.05, 0) is 77.7 Å². The van der Waals surface area contributed by atoms with Gasteiger partial charge in [0.1, 0.15) is 11.9 Å². The largest absolute Gasteiger partial charge is 0.354 e. The summed E-state index contributed by atoms with van der Waals surface area (Å²) < 4.78 is 13.9. The van der Waals surface area contributed by atoms with E-state index in [0.717, 1.165) is 24.0 Å². The van der Waals surface area contributed by atoms with Gasteiger partial charge < -0.3 is 10.2 Å². The van der Waals surface area contributed by atoms with Crippen LogP contribution in [-0.2, 0) is 4.79 Å². The van der Waals surface area contributed by atoms with Crippen LogP contribution in [0.5, 0.6) is 0 Å². The Balaban J connectivity index is 1.56. The van der Waals surface area contributed by atoms with Crippen molar-refractivity contribution in [3.05, 3.63) is 129 Å². The second-order valence-corrected chi connectivity index (χ2v) is 12.0. The Hall–Kier alpha value is -3.81. The van der Waals surface area contributed by atoms with Crippen molar-refractivity contribution < 1.29 is 18.8 Å². The summed E-state index contributed by atoms with van der Waals surface area (Å²) in [6.07, 6.45) is 2.10. The number of thiophene rings is 1. The molecule has 4 atom stereocenters. The fraction of sp³-hybridized carbons (Fsp3) is 0.242. The summed E-state index contributed by atoms with van der Waals surface area (Å²) in [4.78, 5) is 45.1. The maximum Gasteiger partial charge on any atom is 0.255 e. The molecule has 208 valence electrons. The predicted molar refractivity (Wildman–Crippen MR) is 158 cm³/mol. The molecular weight excluding hydrogens is 559 g/mol. The molecule has 2 heterocycles. The molecule has 41 heavy (non-hydrogen) atoms. The van der Waals surface area contributed by atoms with Gasteiger partial charge >= 0.3 is 0 Å². The van der Waals surface area contributed by atoms with Gasteiger partial charge in [-0.1, -0.05) is 60.1 Å². The zero-order valence-corrected chi connectivity index (χ0v) is 23.7. The molecule has 1 N–H and O–H groups in total. The van der Waals surface area contributed by atoms with Crippen LogP contribution in [0.1, 0.15) is 56.0 Å². The molecule has 1 aliphatic heterocycles. The summed E-state index contributed by atoms with van der Waals surface area (Å²) in [5.41, 5.74) is 1.73. The minimum Gasteiger partial charge on any atom is -0.354 e. The Morgan fingerprint density at radius 1 is 0.878 bits per heavy atom. The fourth-order valence-electron chi connectivity index (χ4n) is 5.85. The van der Waals surface area contributed by atoms with Crippen molar-refractivity contribution in [2.75, 3.05) is 6.54 Å². The molecule has 1 saturated heterocycles. The second-order valence-electron chi connectivity index (χ2n) is 10.7. The highest BCUT2D eigenvalue weighted by atomic mass is 35.5. The van der Waals surface area contributed by atoms with Crippen molar-refractivity contribution in [1.29, 1.82) is 0 Å². The fourth-order valence-corrected chi connectivity index (χ4v) is 6.69. The zero-order chi connectivity index (χ0) is 28.5. The van der Waals surface area contributed by atoms with Gasteiger partial charge in [0, 0.05) is 23.0 Å². The highest BCUT2D eigenvalue weighted by molar-refractivity contribution is 7.12. The molecule has 2 amide bonds. The average Bonchev–Trinajstić information content (AvgIpc) is 3.52. The summed E-state index contributed by atoms with van der Waals surface area (Å²) in [5.74, 6) is -2.35. The first-order valence-corrected chi connectivity index (χ1v) is 14.9. The lowest BCUT2D eigenvalue weighted by atomic mass is 9.77. The van der Waals surface area contributed by atoms with Gasteiger partial charge in [-0.2, -0.15) is 0 Å². The molecule has 1 aliphatic carbocycles. The van der Waals surface area contributed by atoms with Gasteiger partial charge in [0.05, 0.1) is 16.8 Å². The Labute approximate surface area is 247 Å². The molecule has 3 aromatic carbocycles. The van der Waals surface area contributed by atoms with Crippen LogP contribution in [0.4, 0.5) is 4.39 Å². The molecule has 4 aromatic rings. The number of amides is 2. The topological polar surface area (TPSA) is 66.5 Å². The minimum absolute atomic E-state index is 0.136. The monoisotopic (exact) mass is 586 g/mol. The summed E-state index contributed by atoms with van der Waals surface area (Å²) in [7, 11) is 0. The van der Waals surface area contributed by atoms with E-state index >= 15 is 0 Å². The lowest BCUT2D eigenvalue weighted by molar-refractivity contribution is -0.125. The molecular formula is C33H28ClFN2O3S.